The van der Waals surface area contributed by atoms with E-state index in [1.807, 2.05) is 48.5 Å². The van der Waals surface area contributed by atoms with Crippen LogP contribution in [0.25, 0.3) is 5.69 Å². The first kappa shape index (κ1) is 17.3. The molecule has 0 saturated heterocycles. The second kappa shape index (κ2) is 8.02. The molecule has 1 heterocycles. The predicted octanol–water partition coefficient (Wildman–Crippen LogP) is 4.02. The zero-order chi connectivity index (χ0) is 17.6. The van der Waals surface area contributed by atoms with Gasteiger partial charge in [-0.2, -0.15) is 0 Å². The number of nitrogens with one attached hydrogen (secondary N) is 1. The molecule has 2 aromatic carbocycles. The van der Waals surface area contributed by atoms with Gasteiger partial charge in [0.05, 0.1) is 5.69 Å². The third-order valence-electron chi connectivity index (χ3n) is 3.71. The number of hydrogen-bond acceptors (Lipinski definition) is 4. The molecule has 7 heteroatoms. The van der Waals surface area contributed by atoms with Gasteiger partial charge in [-0.1, -0.05) is 41.4 Å². The predicted molar refractivity (Wildman–Crippen MR) is 99.9 cm³/mol. The lowest BCUT2D eigenvalue weighted by Gasteiger charge is -2.04. The number of rotatable bonds is 6. The Morgan fingerprint density at radius 1 is 1.12 bits per heavy atom. The number of amides is 1. The van der Waals surface area contributed by atoms with Gasteiger partial charge in [-0.3, -0.25) is 4.79 Å². The lowest BCUT2D eigenvalue weighted by molar-refractivity contribution is 0.101. The van der Waals surface area contributed by atoms with Crippen molar-refractivity contribution in [1.82, 2.24) is 20.2 Å². The fraction of sp³-hybridized carbons (Fsp3) is 0.222. The number of hydrogen-bond donors (Lipinski definition) is 1. The van der Waals surface area contributed by atoms with Gasteiger partial charge in [0.1, 0.15) is 0 Å². The highest BCUT2D eigenvalue weighted by Gasteiger charge is 2.14. The van der Waals surface area contributed by atoms with Crippen molar-refractivity contribution in [2.45, 2.75) is 26.2 Å². The molecular formula is C18H18BrN5O. The number of halogens is 1. The molecule has 0 aliphatic carbocycles. The van der Waals surface area contributed by atoms with Crippen LogP contribution >= 0.6 is 15.9 Å². The molecule has 0 aliphatic rings. The van der Waals surface area contributed by atoms with Crippen LogP contribution in [0.15, 0.2) is 53.0 Å². The SMILES string of the molecule is CCCCc1ccc(NC(=O)c2nnn(-c3ccc(Br)cc3)n2)cc1. The van der Waals surface area contributed by atoms with Gasteiger partial charge in [-0.25, -0.2) is 0 Å². The quantitative estimate of drug-likeness (QED) is 0.679. The molecule has 0 saturated carbocycles. The summed E-state index contributed by atoms with van der Waals surface area (Å²) in [6.07, 6.45) is 3.38. The monoisotopic (exact) mass is 399 g/mol. The number of carbonyl (C=O) groups excluding carboxylic acids is 1. The van der Waals surface area contributed by atoms with E-state index < -0.39 is 0 Å². The van der Waals surface area contributed by atoms with Crippen LogP contribution in [0.1, 0.15) is 35.9 Å². The topological polar surface area (TPSA) is 72.7 Å². The number of anilines is 1. The maximum atomic E-state index is 12.3. The molecule has 0 unspecified atom stereocenters. The summed E-state index contributed by atoms with van der Waals surface area (Å²) in [5.41, 5.74) is 2.71. The van der Waals surface area contributed by atoms with Crippen molar-refractivity contribution in [3.8, 4) is 5.69 Å². The third-order valence-corrected chi connectivity index (χ3v) is 4.23. The minimum absolute atomic E-state index is 0.0259. The number of benzene rings is 2. The van der Waals surface area contributed by atoms with Gasteiger partial charge in [-0.15, -0.1) is 15.0 Å². The second-order valence-corrected chi connectivity index (χ2v) is 6.55. The van der Waals surface area contributed by atoms with Crippen molar-refractivity contribution in [2.75, 3.05) is 5.32 Å². The van der Waals surface area contributed by atoms with Gasteiger partial charge in [-0.05, 0) is 60.0 Å². The molecule has 25 heavy (non-hydrogen) atoms. The van der Waals surface area contributed by atoms with E-state index in [-0.39, 0.29) is 11.7 Å². The molecule has 128 valence electrons. The molecule has 0 fully saturated rings. The van der Waals surface area contributed by atoms with Gasteiger partial charge in [0.25, 0.3) is 11.7 Å². The fourth-order valence-electron chi connectivity index (χ4n) is 2.31. The lowest BCUT2D eigenvalue weighted by atomic mass is 10.1. The summed E-state index contributed by atoms with van der Waals surface area (Å²) in [5.74, 6) is -0.359. The molecule has 3 rings (SSSR count). The van der Waals surface area contributed by atoms with Crippen molar-refractivity contribution in [1.29, 1.82) is 0 Å². The molecule has 0 aliphatic heterocycles. The van der Waals surface area contributed by atoms with Crippen LogP contribution < -0.4 is 5.32 Å². The number of tetrazole rings is 1. The molecule has 0 bridgehead atoms. The fourth-order valence-corrected chi connectivity index (χ4v) is 2.58. The molecular weight excluding hydrogens is 382 g/mol. The Kier molecular flexibility index (Phi) is 5.55. The summed E-state index contributed by atoms with van der Waals surface area (Å²) in [6, 6.07) is 15.3. The third kappa shape index (κ3) is 4.51. The molecule has 1 N–H and O–H groups in total. The summed E-state index contributed by atoms with van der Waals surface area (Å²) in [7, 11) is 0. The summed E-state index contributed by atoms with van der Waals surface area (Å²) in [5, 5.41) is 14.7. The minimum atomic E-state index is -0.385. The standard InChI is InChI=1S/C18H18BrN5O/c1-2-3-4-13-5-9-15(10-6-13)20-18(25)17-21-23-24(22-17)16-11-7-14(19)8-12-16/h5-12H,2-4H2,1H3,(H,20,25). The Labute approximate surface area is 154 Å². The van der Waals surface area contributed by atoms with Crippen LogP contribution in [-0.4, -0.2) is 26.1 Å². The summed E-state index contributed by atoms with van der Waals surface area (Å²) >= 11 is 3.37. The molecule has 0 radical (unpaired) electrons. The van der Waals surface area contributed by atoms with Crippen LogP contribution in [0.2, 0.25) is 0 Å². The number of carbonyl (C=O) groups is 1. The molecule has 1 aromatic heterocycles. The van der Waals surface area contributed by atoms with Gasteiger partial charge in [0.15, 0.2) is 0 Å². The average molecular weight is 400 g/mol. The first-order chi connectivity index (χ1) is 12.2. The van der Waals surface area contributed by atoms with Crippen LogP contribution in [0.4, 0.5) is 5.69 Å². The van der Waals surface area contributed by atoms with Crippen molar-refractivity contribution >= 4 is 27.5 Å². The van der Waals surface area contributed by atoms with Crippen molar-refractivity contribution in [3.05, 3.63) is 64.4 Å². The number of nitrogens with zero attached hydrogens (tertiary/aromatic N) is 4. The van der Waals surface area contributed by atoms with E-state index in [4.69, 9.17) is 0 Å². The summed E-state index contributed by atoms with van der Waals surface area (Å²) in [6.45, 7) is 2.17. The minimum Gasteiger partial charge on any atom is -0.319 e. The van der Waals surface area contributed by atoms with Crippen LogP contribution in [-0.2, 0) is 6.42 Å². The smallest absolute Gasteiger partial charge is 0.297 e. The van der Waals surface area contributed by atoms with Crippen molar-refractivity contribution < 1.29 is 4.79 Å². The summed E-state index contributed by atoms with van der Waals surface area (Å²) in [4.78, 5) is 13.6. The molecule has 1 amide bonds. The Morgan fingerprint density at radius 3 is 2.52 bits per heavy atom. The molecule has 6 nitrogen and oxygen atoms in total. The van der Waals surface area contributed by atoms with E-state index in [2.05, 4.69) is 43.6 Å². The van der Waals surface area contributed by atoms with E-state index in [1.54, 1.807) is 0 Å². The zero-order valence-electron chi connectivity index (χ0n) is 13.8. The maximum Gasteiger partial charge on any atom is 0.297 e. The normalized spacial score (nSPS) is 10.6. The first-order valence-corrected chi connectivity index (χ1v) is 8.91. The van der Waals surface area contributed by atoms with Gasteiger partial charge in [0, 0.05) is 10.2 Å². The van der Waals surface area contributed by atoms with Gasteiger partial charge in [0.2, 0.25) is 0 Å². The molecule has 3 aromatic rings. The Hall–Kier alpha value is -2.54. The van der Waals surface area contributed by atoms with E-state index in [0.717, 1.165) is 29.4 Å². The van der Waals surface area contributed by atoms with Gasteiger partial charge < -0.3 is 5.32 Å². The highest BCUT2D eigenvalue weighted by molar-refractivity contribution is 9.10. The molecule has 0 spiro atoms. The molecule has 0 atom stereocenters. The average Bonchev–Trinajstić information content (AvgIpc) is 3.12. The Morgan fingerprint density at radius 2 is 1.84 bits per heavy atom. The van der Waals surface area contributed by atoms with E-state index in [9.17, 15) is 4.79 Å². The number of aryl methyl sites for hydroxylation is 1. The van der Waals surface area contributed by atoms with Gasteiger partial charge >= 0.3 is 0 Å². The maximum absolute atomic E-state index is 12.3. The first-order valence-electron chi connectivity index (χ1n) is 8.12. The second-order valence-electron chi connectivity index (χ2n) is 5.63. The highest BCUT2D eigenvalue weighted by Crippen LogP contribution is 2.14. The summed E-state index contributed by atoms with van der Waals surface area (Å²) < 4.78 is 0.955. The number of unbranched alkanes of at least 4 members (excludes halogenated alkanes) is 1. The van der Waals surface area contributed by atoms with Crippen LogP contribution in [0, 0.1) is 0 Å². The van der Waals surface area contributed by atoms with E-state index in [0.29, 0.717) is 5.69 Å². The Balaban J connectivity index is 1.66. The van der Waals surface area contributed by atoms with Crippen molar-refractivity contribution in [2.24, 2.45) is 0 Å². The Bertz CT molecular complexity index is 843. The van der Waals surface area contributed by atoms with Crippen LogP contribution in [0.5, 0.6) is 0 Å². The van der Waals surface area contributed by atoms with Crippen LogP contribution in [0.3, 0.4) is 0 Å². The zero-order valence-corrected chi connectivity index (χ0v) is 15.4. The van der Waals surface area contributed by atoms with E-state index in [1.165, 1.54) is 10.4 Å². The highest BCUT2D eigenvalue weighted by atomic mass is 79.9. The largest absolute Gasteiger partial charge is 0.319 e. The van der Waals surface area contributed by atoms with E-state index >= 15 is 0 Å². The van der Waals surface area contributed by atoms with Crippen molar-refractivity contribution in [3.63, 3.8) is 0 Å². The lowest BCUT2D eigenvalue weighted by Crippen LogP contribution is -2.14. The number of aromatic nitrogens is 4.